The van der Waals surface area contributed by atoms with Crippen LogP contribution >= 0.6 is 0 Å². The van der Waals surface area contributed by atoms with Gasteiger partial charge in [-0.05, 0) is 66.7 Å². The van der Waals surface area contributed by atoms with Crippen molar-refractivity contribution in [3.05, 3.63) is 223 Å². The van der Waals surface area contributed by atoms with Crippen molar-refractivity contribution in [1.29, 1.82) is 5.26 Å². The van der Waals surface area contributed by atoms with Crippen LogP contribution in [0.3, 0.4) is 0 Å². The first-order valence-electron chi connectivity index (χ1n) is 25.1. The van der Waals surface area contributed by atoms with E-state index in [2.05, 4.69) is 128 Å². The molecule has 17 aromatic rings. The van der Waals surface area contributed by atoms with Gasteiger partial charge in [0.05, 0.1) is 74.1 Å². The van der Waals surface area contributed by atoms with Gasteiger partial charge in [-0.25, -0.2) is 4.85 Å². The summed E-state index contributed by atoms with van der Waals surface area (Å²) in [5.74, 6) is 0. The van der Waals surface area contributed by atoms with Crippen molar-refractivity contribution >= 4 is 137 Å². The van der Waals surface area contributed by atoms with Crippen molar-refractivity contribution in [3.8, 4) is 34.4 Å². The largest absolute Gasteiger partial charge is 0.454 e. The third kappa shape index (κ3) is 5.12. The fourth-order valence-electron chi connectivity index (χ4n) is 12.7. The highest BCUT2D eigenvalue weighted by Gasteiger charge is 2.35. The van der Waals surface area contributed by atoms with E-state index in [0.717, 1.165) is 114 Å². The van der Waals surface area contributed by atoms with Gasteiger partial charge in [-0.2, -0.15) is 5.26 Å². The third-order valence-electron chi connectivity index (χ3n) is 15.7. The molecule has 7 aromatic heterocycles. The van der Waals surface area contributed by atoms with Crippen LogP contribution < -0.4 is 0 Å². The van der Waals surface area contributed by atoms with E-state index in [9.17, 15) is 11.8 Å². The van der Waals surface area contributed by atoms with E-state index in [4.69, 9.17) is 18.2 Å². The van der Waals surface area contributed by atoms with Crippen LogP contribution in [0, 0.1) is 17.9 Å². The minimum Gasteiger partial charge on any atom is -0.454 e. The maximum atomic E-state index is 12.3. The molecule has 7 heterocycles. The monoisotopic (exact) mass is 970 g/mol. The highest BCUT2D eigenvalue weighted by atomic mass is 16.3. The molecule has 0 aliphatic carbocycles. The van der Waals surface area contributed by atoms with Crippen molar-refractivity contribution in [3.63, 3.8) is 0 Å². The molecular formula is C67H34N6O3. The molecule has 9 heteroatoms. The Hall–Kier alpha value is -10.9. The van der Waals surface area contributed by atoms with Crippen molar-refractivity contribution in [2.45, 2.75) is 0 Å². The second-order valence-electron chi connectivity index (χ2n) is 19.5. The zero-order chi connectivity index (χ0) is 49.9. The molecule has 0 radical (unpaired) electrons. The molecule has 0 fully saturated rings. The van der Waals surface area contributed by atoms with E-state index < -0.39 is 0 Å². The summed E-state index contributed by atoms with van der Waals surface area (Å²) < 4.78 is 27.6. The number of hydrogen-bond donors (Lipinski definition) is 0. The normalized spacial score (nSPS) is 12.2. The Morgan fingerprint density at radius 1 is 0.382 bits per heavy atom. The molecule has 0 bridgehead atoms. The van der Waals surface area contributed by atoms with E-state index in [-0.39, 0.29) is 11.3 Å². The minimum atomic E-state index is 0.147. The summed E-state index contributed by atoms with van der Waals surface area (Å²) in [4.78, 5) is 9.88. The lowest BCUT2D eigenvalue weighted by atomic mass is 9.96. The number of nitrogens with zero attached hydrogens (tertiary/aromatic N) is 6. The number of rotatable bonds is 4. The lowest BCUT2D eigenvalue weighted by Gasteiger charge is -2.26. The number of nitriles is 1. The van der Waals surface area contributed by atoms with Gasteiger partial charge in [-0.15, -0.1) is 0 Å². The molecule has 0 aliphatic rings. The second kappa shape index (κ2) is 14.9. The van der Waals surface area contributed by atoms with E-state index in [1.165, 1.54) is 0 Å². The first-order valence-corrected chi connectivity index (χ1v) is 25.1. The molecule has 0 aliphatic heterocycles. The zero-order valence-electron chi connectivity index (χ0n) is 40.0. The number of furan rings is 3. The molecule has 0 amide bonds. The van der Waals surface area contributed by atoms with Gasteiger partial charge in [0.15, 0.2) is 16.7 Å². The topological polar surface area (TPSA) is 95.2 Å². The molecule has 76 heavy (non-hydrogen) atoms. The Morgan fingerprint density at radius 3 is 1.16 bits per heavy atom. The highest BCUT2D eigenvalue weighted by molar-refractivity contribution is 6.26. The lowest BCUT2D eigenvalue weighted by molar-refractivity contribution is 0.670. The Morgan fingerprint density at radius 2 is 0.750 bits per heavy atom. The van der Waals surface area contributed by atoms with E-state index in [1.807, 2.05) is 97.1 Å². The Labute approximate surface area is 429 Å². The van der Waals surface area contributed by atoms with Gasteiger partial charge in [0.2, 0.25) is 5.69 Å². The van der Waals surface area contributed by atoms with E-state index >= 15 is 0 Å². The second-order valence-corrected chi connectivity index (χ2v) is 19.5. The molecule has 0 spiro atoms. The number of pyridine rings is 1. The minimum absolute atomic E-state index is 0.147. The SMILES string of the molecule is [C-]#[N+]c1c(C#N)c(-n2c3ccccc3c3ccc4c5ccccc5oc4c32)c(-c2ccccn2)c(-n2c3ccccc3c3ccc4c5ccccc5oc4c32)c1-n1c2ccccc2c2ccc3c4ccccc4oc3c21. The number of aromatic nitrogens is 4. The van der Waals surface area contributed by atoms with Gasteiger partial charge in [-0.1, -0.05) is 133 Å². The van der Waals surface area contributed by atoms with Crippen molar-refractivity contribution in [2.75, 3.05) is 0 Å². The van der Waals surface area contributed by atoms with Crippen molar-refractivity contribution in [2.24, 2.45) is 0 Å². The number of benzene rings is 10. The molecule has 17 rings (SSSR count). The van der Waals surface area contributed by atoms with Crippen LogP contribution in [0.15, 0.2) is 220 Å². The summed E-state index contributed by atoms with van der Waals surface area (Å²) >= 11 is 0. The fraction of sp³-hybridized carbons (Fsp3) is 0. The van der Waals surface area contributed by atoms with Crippen LogP contribution in [0.25, 0.3) is 164 Å². The van der Waals surface area contributed by atoms with Crippen LogP contribution in [-0.2, 0) is 0 Å². The molecular weight excluding hydrogens is 937 g/mol. The summed E-state index contributed by atoms with van der Waals surface area (Å²) in [6.07, 6.45) is 1.79. The Bertz CT molecular complexity index is 5510. The summed E-state index contributed by atoms with van der Waals surface area (Å²) in [5, 5.41) is 23.7. The first kappa shape index (κ1) is 40.7. The molecule has 10 aromatic carbocycles. The van der Waals surface area contributed by atoms with Crippen molar-refractivity contribution in [1.82, 2.24) is 18.7 Å². The van der Waals surface area contributed by atoms with Gasteiger partial charge in [0.1, 0.15) is 16.7 Å². The van der Waals surface area contributed by atoms with E-state index in [1.54, 1.807) is 6.20 Å². The first-order chi connectivity index (χ1) is 37.7. The average Bonchev–Trinajstić information content (AvgIpc) is 4.50. The smallest absolute Gasteiger partial charge is 0.232 e. The molecule has 350 valence electrons. The van der Waals surface area contributed by atoms with Crippen LogP contribution in [0.1, 0.15) is 5.56 Å². The predicted molar refractivity (Wildman–Crippen MR) is 306 cm³/mol. The van der Waals surface area contributed by atoms with Crippen molar-refractivity contribution < 1.29 is 13.3 Å². The summed E-state index contributed by atoms with van der Waals surface area (Å²) in [5.41, 5.74) is 12.2. The molecule has 0 saturated heterocycles. The quantitative estimate of drug-likeness (QED) is 0.164. The van der Waals surface area contributed by atoms with Gasteiger partial charge < -0.3 is 27.0 Å². The average molecular weight is 971 g/mol. The van der Waals surface area contributed by atoms with Gasteiger partial charge >= 0.3 is 0 Å². The number of para-hydroxylation sites is 6. The number of hydrogen-bond acceptors (Lipinski definition) is 5. The zero-order valence-corrected chi connectivity index (χ0v) is 40.0. The van der Waals surface area contributed by atoms with Crippen LogP contribution in [-0.4, -0.2) is 18.7 Å². The summed E-state index contributed by atoms with van der Waals surface area (Å²) in [6.45, 7) is 9.64. The molecule has 9 nitrogen and oxygen atoms in total. The standard InChI is InChI=1S/C67H34N6O3/c1-69-58-49(36-68)59(71-51-23-8-2-16-37(51)43-29-32-46-40-19-5-11-26-54(40)74-65(46)60(43)71)57(50-22-14-15-35-70-50)63(72-52-24-9-3-17-38(52)44-30-33-47-41-20-6-12-27-55(41)75-66(47)61(44)72)64(58)73-53-25-10-4-18-39(53)45-31-34-48-42-21-7-13-28-56(42)76-67(48)62(45)73/h2-35H. The van der Waals surface area contributed by atoms with Gasteiger partial charge in [-0.3, -0.25) is 4.98 Å². The molecule has 0 saturated carbocycles. The van der Waals surface area contributed by atoms with Crippen LogP contribution in [0.4, 0.5) is 5.69 Å². The lowest BCUT2D eigenvalue weighted by Crippen LogP contribution is -2.12. The molecule has 0 atom stereocenters. The predicted octanol–water partition coefficient (Wildman–Crippen LogP) is 18.2. The Kier molecular flexibility index (Phi) is 7.96. The molecule has 0 unspecified atom stereocenters. The van der Waals surface area contributed by atoms with Crippen LogP contribution in [0.5, 0.6) is 0 Å². The third-order valence-corrected chi connectivity index (χ3v) is 15.7. The highest BCUT2D eigenvalue weighted by Crippen LogP contribution is 2.54. The molecule has 0 N–H and O–H groups in total. The Balaban J connectivity index is 1.20. The number of fused-ring (bicyclic) bond motifs is 21. The van der Waals surface area contributed by atoms with Gasteiger partial charge in [0.25, 0.3) is 0 Å². The summed E-state index contributed by atoms with van der Waals surface area (Å²) in [7, 11) is 0. The summed E-state index contributed by atoms with van der Waals surface area (Å²) in [6, 6.07) is 70.7. The fourth-order valence-corrected chi connectivity index (χ4v) is 12.7. The maximum Gasteiger partial charge on any atom is 0.232 e. The maximum absolute atomic E-state index is 12.3. The van der Waals surface area contributed by atoms with E-state index in [0.29, 0.717) is 45.1 Å². The van der Waals surface area contributed by atoms with Gasteiger partial charge in [0, 0.05) is 76.4 Å². The van der Waals surface area contributed by atoms with Crippen LogP contribution in [0.2, 0.25) is 0 Å².